The lowest BCUT2D eigenvalue weighted by Crippen LogP contribution is -2.66. The van der Waals surface area contributed by atoms with Gasteiger partial charge in [0.2, 0.25) is 0 Å². The fraction of sp³-hybridized carbons (Fsp3) is 0.625. The van der Waals surface area contributed by atoms with Crippen molar-refractivity contribution in [2.24, 2.45) is 0 Å². The number of hydrogen-bond acceptors (Lipinski definition) is 7. The zero-order valence-corrected chi connectivity index (χ0v) is 15.3. The molecule has 1 spiro atoms. The van der Waals surface area contributed by atoms with Crippen LogP contribution in [0.2, 0.25) is 0 Å². The number of fused-ring (bicyclic) bond motifs is 1. The van der Waals surface area contributed by atoms with Crippen LogP contribution in [0.3, 0.4) is 0 Å². The lowest BCUT2D eigenvalue weighted by atomic mass is 9.84. The number of aromatic nitrogens is 4. The third kappa shape index (κ3) is 4.17. The molecule has 2 fully saturated rings. The second-order valence-electron chi connectivity index (χ2n) is 6.77. The van der Waals surface area contributed by atoms with Gasteiger partial charge in [-0.25, -0.2) is 9.78 Å². The first-order valence-electron chi connectivity index (χ1n) is 8.53. The van der Waals surface area contributed by atoms with E-state index < -0.39 is 12.1 Å². The van der Waals surface area contributed by atoms with Gasteiger partial charge in [-0.15, -0.1) is 0 Å². The summed E-state index contributed by atoms with van der Waals surface area (Å²) in [7, 11) is 1.78. The van der Waals surface area contributed by atoms with Crippen LogP contribution in [0.15, 0.2) is 12.4 Å². The van der Waals surface area contributed by atoms with Gasteiger partial charge < -0.3 is 19.5 Å². The topological polar surface area (TPSA) is 102 Å². The highest BCUT2D eigenvalue weighted by Gasteiger charge is 2.48. The summed E-state index contributed by atoms with van der Waals surface area (Å²) in [5, 5.41) is 11.4. The molecule has 1 unspecified atom stereocenters. The molecule has 4 rings (SSSR count). The maximum absolute atomic E-state index is 10.6. The highest BCUT2D eigenvalue weighted by molar-refractivity contribution is 5.73. The molecule has 0 saturated carbocycles. The van der Waals surface area contributed by atoms with Crippen molar-refractivity contribution in [3.8, 4) is 0 Å². The molecule has 1 N–H and O–H groups in total. The SMILES string of the molecule is COC1CCOC2(C1)CN(c1cc(C)nc3ncnn13)C2.O=C(O)C(F)(F)F. The van der Waals surface area contributed by atoms with Gasteiger partial charge in [-0.1, -0.05) is 0 Å². The van der Waals surface area contributed by atoms with E-state index in [4.69, 9.17) is 19.4 Å². The van der Waals surface area contributed by atoms with Gasteiger partial charge in [-0.05, 0) is 13.3 Å². The van der Waals surface area contributed by atoms with Crippen molar-refractivity contribution >= 4 is 17.6 Å². The van der Waals surface area contributed by atoms with Crippen LogP contribution in [-0.4, -0.2) is 75.3 Å². The van der Waals surface area contributed by atoms with E-state index in [1.54, 1.807) is 18.0 Å². The summed E-state index contributed by atoms with van der Waals surface area (Å²) in [6.07, 6.45) is -1.28. The number of carbonyl (C=O) groups is 1. The minimum Gasteiger partial charge on any atom is -0.475 e. The minimum absolute atomic E-state index is 0.0665. The monoisotopic (exact) mass is 403 g/mol. The number of nitrogens with zero attached hydrogens (tertiary/aromatic N) is 5. The lowest BCUT2D eigenvalue weighted by molar-refractivity contribution is -0.192. The third-order valence-electron chi connectivity index (χ3n) is 4.67. The third-order valence-corrected chi connectivity index (χ3v) is 4.67. The highest BCUT2D eigenvalue weighted by Crippen LogP contribution is 2.37. The van der Waals surface area contributed by atoms with Gasteiger partial charge >= 0.3 is 12.1 Å². The molecule has 2 aliphatic heterocycles. The molecule has 0 radical (unpaired) electrons. The number of aliphatic carboxylic acids is 1. The fourth-order valence-electron chi connectivity index (χ4n) is 3.35. The molecule has 1 atom stereocenters. The Labute approximate surface area is 158 Å². The first kappa shape index (κ1) is 20.3. The number of hydrogen-bond donors (Lipinski definition) is 1. The van der Waals surface area contributed by atoms with Crippen LogP contribution >= 0.6 is 0 Å². The number of carboxylic acid groups (broad SMARTS) is 1. The normalized spacial score (nSPS) is 21.2. The molecule has 0 amide bonds. The molecule has 28 heavy (non-hydrogen) atoms. The average Bonchev–Trinajstić information content (AvgIpc) is 3.07. The number of ether oxygens (including phenoxy) is 2. The quantitative estimate of drug-likeness (QED) is 0.804. The number of anilines is 1. The molecule has 4 heterocycles. The van der Waals surface area contributed by atoms with Crippen LogP contribution in [0.25, 0.3) is 5.78 Å². The van der Waals surface area contributed by atoms with E-state index in [2.05, 4.69) is 20.0 Å². The summed E-state index contributed by atoms with van der Waals surface area (Å²) < 4.78 is 45.1. The highest BCUT2D eigenvalue weighted by atomic mass is 19.4. The van der Waals surface area contributed by atoms with Gasteiger partial charge in [0.15, 0.2) is 0 Å². The standard InChI is InChI=1S/C14H19N5O2.C2HF3O2/c1-10-5-12(19-13(17-10)15-9-16-19)18-7-14(8-18)6-11(20-2)3-4-21-14;3-2(4,5)1(6)7/h5,9,11H,3-4,6-8H2,1-2H3;(H,6,7). The molecular formula is C16H20F3N5O4. The van der Waals surface area contributed by atoms with Gasteiger partial charge in [-0.2, -0.15) is 27.8 Å². The maximum atomic E-state index is 10.6. The van der Waals surface area contributed by atoms with E-state index in [0.29, 0.717) is 11.9 Å². The molecular weight excluding hydrogens is 383 g/mol. The Bertz CT molecular complexity index is 850. The number of alkyl halides is 3. The van der Waals surface area contributed by atoms with E-state index in [9.17, 15) is 13.2 Å². The first-order chi connectivity index (χ1) is 13.1. The second kappa shape index (κ2) is 7.51. The number of carboxylic acids is 1. The number of aryl methyl sites for hydroxylation is 1. The molecule has 0 aromatic carbocycles. The van der Waals surface area contributed by atoms with E-state index in [-0.39, 0.29) is 5.60 Å². The Morgan fingerprint density at radius 1 is 1.43 bits per heavy atom. The van der Waals surface area contributed by atoms with Crippen LogP contribution in [0.1, 0.15) is 18.5 Å². The lowest BCUT2D eigenvalue weighted by Gasteiger charge is -2.53. The van der Waals surface area contributed by atoms with Crippen molar-refractivity contribution in [1.82, 2.24) is 19.6 Å². The van der Waals surface area contributed by atoms with Gasteiger partial charge in [0, 0.05) is 31.9 Å². The van der Waals surface area contributed by atoms with Crippen molar-refractivity contribution in [3.05, 3.63) is 18.1 Å². The van der Waals surface area contributed by atoms with E-state index in [1.807, 2.05) is 13.0 Å². The van der Waals surface area contributed by atoms with Crippen LogP contribution < -0.4 is 4.90 Å². The van der Waals surface area contributed by atoms with Crippen LogP contribution in [0, 0.1) is 6.92 Å². The Hall–Kier alpha value is -2.47. The Kier molecular flexibility index (Phi) is 5.44. The van der Waals surface area contributed by atoms with Gasteiger partial charge in [0.1, 0.15) is 17.7 Å². The average molecular weight is 403 g/mol. The van der Waals surface area contributed by atoms with Gasteiger partial charge in [0.25, 0.3) is 5.78 Å². The minimum atomic E-state index is -5.08. The summed E-state index contributed by atoms with van der Waals surface area (Å²) in [5.41, 5.74) is 0.883. The number of methoxy groups -OCH3 is 1. The predicted octanol–water partition coefficient (Wildman–Crippen LogP) is 1.45. The van der Waals surface area contributed by atoms with Gasteiger partial charge in [0.05, 0.1) is 19.2 Å². The predicted molar refractivity (Wildman–Crippen MR) is 90.1 cm³/mol. The van der Waals surface area contributed by atoms with Crippen molar-refractivity contribution in [1.29, 1.82) is 0 Å². The van der Waals surface area contributed by atoms with Gasteiger partial charge in [-0.3, -0.25) is 0 Å². The first-order valence-corrected chi connectivity index (χ1v) is 8.53. The van der Waals surface area contributed by atoms with Crippen LogP contribution in [0.5, 0.6) is 0 Å². The summed E-state index contributed by atoms with van der Waals surface area (Å²) in [6.45, 7) is 4.49. The Balaban J connectivity index is 0.000000279. The molecule has 2 aliphatic rings. The fourth-order valence-corrected chi connectivity index (χ4v) is 3.35. The van der Waals surface area contributed by atoms with Crippen molar-refractivity contribution in [2.75, 3.05) is 31.7 Å². The largest absolute Gasteiger partial charge is 0.490 e. The molecule has 0 aliphatic carbocycles. The molecule has 2 aromatic rings. The molecule has 2 aromatic heterocycles. The van der Waals surface area contributed by atoms with Crippen LogP contribution in [-0.2, 0) is 14.3 Å². The van der Waals surface area contributed by atoms with Crippen molar-refractivity contribution in [2.45, 2.75) is 37.6 Å². The van der Waals surface area contributed by atoms with E-state index in [0.717, 1.165) is 44.0 Å². The Morgan fingerprint density at radius 3 is 2.71 bits per heavy atom. The Morgan fingerprint density at radius 2 is 2.11 bits per heavy atom. The maximum Gasteiger partial charge on any atom is 0.490 e. The van der Waals surface area contributed by atoms with E-state index >= 15 is 0 Å². The zero-order chi connectivity index (χ0) is 20.5. The molecule has 12 heteroatoms. The molecule has 9 nitrogen and oxygen atoms in total. The smallest absolute Gasteiger partial charge is 0.475 e. The molecule has 2 saturated heterocycles. The zero-order valence-electron chi connectivity index (χ0n) is 15.3. The summed E-state index contributed by atoms with van der Waals surface area (Å²) in [6, 6.07) is 2.05. The molecule has 0 bridgehead atoms. The molecule has 154 valence electrons. The second-order valence-corrected chi connectivity index (χ2v) is 6.77. The summed E-state index contributed by atoms with van der Waals surface area (Å²) in [4.78, 5) is 19.7. The van der Waals surface area contributed by atoms with E-state index in [1.165, 1.54) is 0 Å². The van der Waals surface area contributed by atoms with Crippen LogP contribution in [0.4, 0.5) is 19.0 Å². The van der Waals surface area contributed by atoms with Crippen molar-refractivity contribution < 1.29 is 32.5 Å². The van der Waals surface area contributed by atoms with Crippen molar-refractivity contribution in [3.63, 3.8) is 0 Å². The number of halogens is 3. The summed E-state index contributed by atoms with van der Waals surface area (Å²) >= 11 is 0. The summed E-state index contributed by atoms with van der Waals surface area (Å²) in [5.74, 6) is -1.08. The number of rotatable bonds is 2.